The predicted molar refractivity (Wildman–Crippen MR) is 201 cm³/mol. The lowest BCUT2D eigenvalue weighted by Crippen LogP contribution is -2.76. The number of esters is 3. The zero-order valence-corrected chi connectivity index (χ0v) is 33.4. The number of rotatable bonds is 9. The van der Waals surface area contributed by atoms with Gasteiger partial charge in [-0.1, -0.05) is 48.5 Å². The molecule has 10 atom stereocenters. The van der Waals surface area contributed by atoms with Crippen molar-refractivity contribution in [1.82, 2.24) is 5.32 Å². The molecule has 0 radical (unpaired) electrons. The summed E-state index contributed by atoms with van der Waals surface area (Å²) >= 11 is 0. The summed E-state index contributed by atoms with van der Waals surface area (Å²) in [6.07, 6.45) is -11.3. The summed E-state index contributed by atoms with van der Waals surface area (Å²) in [7, 11) is 0. The van der Waals surface area contributed by atoms with E-state index in [4.69, 9.17) is 23.7 Å². The number of alkyl carbamates (subject to hydrolysis) is 1. The number of hydrogen-bond acceptors (Lipinski definition) is 14. The Morgan fingerprint density at radius 1 is 0.930 bits per heavy atom. The van der Waals surface area contributed by atoms with E-state index in [-0.39, 0.29) is 29.7 Å². The number of Topliss-reactive ketones (excluding diaryl/α,β-unsaturated/α-hetero) is 1. The molecule has 1 amide bonds. The summed E-state index contributed by atoms with van der Waals surface area (Å²) < 4.78 is 28.9. The van der Waals surface area contributed by atoms with Gasteiger partial charge < -0.3 is 49.4 Å². The molecule has 57 heavy (non-hydrogen) atoms. The molecule has 0 aromatic heterocycles. The van der Waals surface area contributed by atoms with Crippen molar-refractivity contribution in [3.05, 3.63) is 82.9 Å². The zero-order valence-electron chi connectivity index (χ0n) is 33.4. The first-order chi connectivity index (χ1) is 26.5. The van der Waals surface area contributed by atoms with Gasteiger partial charge in [-0.3, -0.25) is 9.59 Å². The summed E-state index contributed by atoms with van der Waals surface area (Å²) in [5, 5.41) is 50.0. The van der Waals surface area contributed by atoms with E-state index in [2.05, 4.69) is 5.32 Å². The van der Waals surface area contributed by atoms with Crippen LogP contribution in [-0.4, -0.2) is 110 Å². The first kappa shape index (κ1) is 43.5. The standard InChI is InChI=1S/C42H53NO14/c1-22-26(55-37(49)32(46)31(24-15-11-9-12-16-24)43-38(50)57-39(3,4)5)19-27(56-36(48)25-17-13-10-14-18-25)34-41(8,28(45)20-29-42(34,52)21-53-29)35(47)33(54-23(2)44)30(22)40(6,7)51/h9-18,26-29,31-34,45-46,51-52H,19-21H2,1-8H3,(H,43,50)/b30-22-/t26-,27+,28-,29+,31-,32+,33+,34-,41+,42-/m0/s1. The van der Waals surface area contributed by atoms with Crippen molar-refractivity contribution >= 4 is 29.8 Å². The Morgan fingerprint density at radius 2 is 1.53 bits per heavy atom. The molecule has 2 aromatic rings. The maximum Gasteiger partial charge on any atom is 0.408 e. The number of hydrogen-bond donors (Lipinski definition) is 5. The predicted octanol–water partition coefficient (Wildman–Crippen LogP) is 3.26. The fourth-order valence-electron chi connectivity index (χ4n) is 8.35. The number of benzene rings is 2. The van der Waals surface area contributed by atoms with Crippen molar-refractivity contribution in [2.45, 2.75) is 128 Å². The van der Waals surface area contributed by atoms with E-state index in [1.807, 2.05) is 0 Å². The normalized spacial score (nSPS) is 31.3. The van der Waals surface area contributed by atoms with E-state index < -0.39 is 107 Å². The van der Waals surface area contributed by atoms with Gasteiger partial charge >= 0.3 is 24.0 Å². The summed E-state index contributed by atoms with van der Waals surface area (Å²) in [4.78, 5) is 68.8. The molecule has 0 spiro atoms. The first-order valence-electron chi connectivity index (χ1n) is 18.8. The fraction of sp³-hybridized carbons (Fsp3) is 0.548. The largest absolute Gasteiger partial charge is 0.458 e. The fourth-order valence-corrected chi connectivity index (χ4v) is 8.35. The number of fused-ring (bicyclic) bond motifs is 3. The highest BCUT2D eigenvalue weighted by Crippen LogP contribution is 2.57. The van der Waals surface area contributed by atoms with E-state index in [0.29, 0.717) is 5.56 Å². The van der Waals surface area contributed by atoms with E-state index in [1.54, 1.807) is 69.3 Å². The van der Waals surface area contributed by atoms with Gasteiger partial charge in [0.25, 0.3) is 0 Å². The van der Waals surface area contributed by atoms with Gasteiger partial charge in [0.15, 0.2) is 18.0 Å². The third kappa shape index (κ3) is 8.92. The number of aliphatic hydroxyl groups excluding tert-OH is 2. The van der Waals surface area contributed by atoms with Gasteiger partial charge in [0.2, 0.25) is 0 Å². The second-order valence-electron chi connectivity index (χ2n) is 16.8. The van der Waals surface area contributed by atoms with Gasteiger partial charge in [-0.15, -0.1) is 0 Å². The molecule has 1 saturated carbocycles. The van der Waals surface area contributed by atoms with Crippen LogP contribution in [-0.2, 0) is 38.1 Å². The average molecular weight is 796 g/mol. The van der Waals surface area contributed by atoms with Crippen LogP contribution in [0.4, 0.5) is 4.79 Å². The molecule has 2 fully saturated rings. The highest BCUT2D eigenvalue weighted by atomic mass is 16.6. The van der Waals surface area contributed by atoms with Gasteiger partial charge in [0.1, 0.15) is 23.4 Å². The van der Waals surface area contributed by atoms with E-state index in [0.717, 1.165) is 6.92 Å². The molecule has 1 aliphatic heterocycles. The van der Waals surface area contributed by atoms with Gasteiger partial charge in [-0.05, 0) is 71.7 Å². The van der Waals surface area contributed by atoms with E-state index >= 15 is 4.79 Å². The molecular weight excluding hydrogens is 742 g/mol. The Kier molecular flexibility index (Phi) is 12.4. The van der Waals surface area contributed by atoms with Crippen molar-refractivity contribution in [2.75, 3.05) is 6.61 Å². The Bertz CT molecular complexity index is 1870. The number of amides is 1. The average Bonchev–Trinajstić information content (AvgIpc) is 3.14. The van der Waals surface area contributed by atoms with Crippen molar-refractivity contribution in [3.63, 3.8) is 0 Å². The van der Waals surface area contributed by atoms with Crippen LogP contribution < -0.4 is 5.32 Å². The van der Waals surface area contributed by atoms with Crippen LogP contribution in [0.25, 0.3) is 0 Å². The summed E-state index contributed by atoms with van der Waals surface area (Å²) in [5.74, 6) is -5.45. The molecule has 0 bridgehead atoms. The zero-order chi connectivity index (χ0) is 42.2. The number of carbonyl (C=O) groups excluding carboxylic acids is 5. The molecule has 15 nitrogen and oxygen atoms in total. The van der Waals surface area contributed by atoms with E-state index in [9.17, 15) is 39.6 Å². The van der Waals surface area contributed by atoms with Gasteiger partial charge in [-0.2, -0.15) is 0 Å². The lowest BCUT2D eigenvalue weighted by molar-refractivity contribution is -0.327. The molecule has 2 aliphatic carbocycles. The topological polar surface area (TPSA) is 224 Å². The van der Waals surface area contributed by atoms with Gasteiger partial charge in [-0.25, -0.2) is 14.4 Å². The highest BCUT2D eigenvalue weighted by Gasteiger charge is 2.71. The number of nitrogens with one attached hydrogen (secondary N) is 1. The molecule has 310 valence electrons. The van der Waals surface area contributed by atoms with Crippen LogP contribution >= 0.6 is 0 Å². The van der Waals surface area contributed by atoms with Gasteiger partial charge in [0.05, 0.1) is 41.4 Å². The molecule has 1 saturated heterocycles. The van der Waals surface area contributed by atoms with Crippen LogP contribution in [0.2, 0.25) is 0 Å². The smallest absolute Gasteiger partial charge is 0.408 e. The molecule has 5 N–H and O–H groups in total. The van der Waals surface area contributed by atoms with Crippen LogP contribution in [0.3, 0.4) is 0 Å². The van der Waals surface area contributed by atoms with Crippen LogP contribution in [0.15, 0.2) is 71.8 Å². The molecule has 15 heteroatoms. The Morgan fingerprint density at radius 3 is 2.05 bits per heavy atom. The quantitative estimate of drug-likeness (QED) is 0.140. The molecule has 2 aromatic carbocycles. The Hall–Kier alpha value is -4.67. The number of carbonyl (C=O) groups is 5. The summed E-state index contributed by atoms with van der Waals surface area (Å²) in [6.45, 7) is 11.1. The summed E-state index contributed by atoms with van der Waals surface area (Å²) in [5.41, 5.74) is -6.59. The molecular formula is C42H53NO14. The first-order valence-corrected chi connectivity index (χ1v) is 18.8. The minimum absolute atomic E-state index is 0.00934. The molecule has 0 unspecified atom stereocenters. The monoisotopic (exact) mass is 795 g/mol. The molecule has 5 rings (SSSR count). The molecule has 1 heterocycles. The lowest BCUT2D eigenvalue weighted by Gasteiger charge is -2.62. The maximum absolute atomic E-state index is 15.1. The van der Waals surface area contributed by atoms with Crippen LogP contribution in [0.5, 0.6) is 0 Å². The summed E-state index contributed by atoms with van der Waals surface area (Å²) in [6, 6.07) is 14.6. The lowest BCUT2D eigenvalue weighted by atomic mass is 9.52. The van der Waals surface area contributed by atoms with Crippen molar-refractivity contribution in [1.29, 1.82) is 0 Å². The maximum atomic E-state index is 15.1. The van der Waals surface area contributed by atoms with Crippen LogP contribution in [0.1, 0.15) is 90.2 Å². The minimum atomic E-state index is -2.09. The molecule has 3 aliphatic rings. The van der Waals surface area contributed by atoms with Gasteiger partial charge in [0, 0.05) is 31.3 Å². The Labute approximate surface area is 331 Å². The van der Waals surface area contributed by atoms with Crippen LogP contribution in [0, 0.1) is 11.3 Å². The second-order valence-corrected chi connectivity index (χ2v) is 16.8. The third-order valence-corrected chi connectivity index (χ3v) is 11.0. The van der Waals surface area contributed by atoms with Crippen molar-refractivity contribution in [3.8, 4) is 0 Å². The third-order valence-electron chi connectivity index (χ3n) is 11.0. The number of aliphatic hydroxyl groups is 4. The van der Waals surface area contributed by atoms with E-state index in [1.165, 1.54) is 39.8 Å². The van der Waals surface area contributed by atoms with Crippen molar-refractivity contribution in [2.24, 2.45) is 11.3 Å². The highest BCUT2D eigenvalue weighted by molar-refractivity contribution is 5.95. The van der Waals surface area contributed by atoms with Crippen molar-refractivity contribution < 1.29 is 68.1 Å². The minimum Gasteiger partial charge on any atom is -0.458 e. The number of ketones is 1. The Balaban J connectivity index is 1.68. The second kappa shape index (κ2) is 16.3. The SMILES string of the molecule is CC(=O)O[C@H]1C(=O)[C@@]2(C)[C@H]([C@H](OC(=O)c3ccccc3)C[C@H](OC(=O)[C@H](O)[C@@H](NC(=O)OC(C)(C)C)c3ccccc3)/C(C)=C/1C(C)(C)O)[C@]1(O)CO[C@@H]1C[C@@H]2O. The number of ether oxygens (including phenoxy) is 5.